The number of ether oxygens (including phenoxy) is 1. The molecule has 0 aromatic heterocycles. The second-order valence-corrected chi connectivity index (χ2v) is 7.82. The van der Waals surface area contributed by atoms with Crippen LogP contribution in [0.5, 0.6) is 0 Å². The van der Waals surface area contributed by atoms with E-state index in [0.29, 0.717) is 6.54 Å². The molecule has 2 rings (SSSR count). The van der Waals surface area contributed by atoms with Gasteiger partial charge in [0.1, 0.15) is 0 Å². The molecule has 0 aliphatic rings. The quantitative estimate of drug-likeness (QED) is 0.340. The van der Waals surface area contributed by atoms with Crippen molar-refractivity contribution in [2.45, 2.75) is 73.6 Å². The summed E-state index contributed by atoms with van der Waals surface area (Å²) in [5, 5.41) is 12.3. The molecule has 34 heavy (non-hydrogen) atoms. The summed E-state index contributed by atoms with van der Waals surface area (Å²) >= 11 is 0. The fraction of sp³-hybridized carbons (Fsp3) is 0.379. The Kier molecular flexibility index (Phi) is 14.9. The lowest BCUT2D eigenvalue weighted by molar-refractivity contribution is -0.153. The Labute approximate surface area is 205 Å². The van der Waals surface area contributed by atoms with Gasteiger partial charge in [0.15, 0.2) is 6.10 Å². The zero-order chi connectivity index (χ0) is 26.3. The molecule has 5 nitrogen and oxygen atoms in total. The number of aryl methyl sites for hydroxylation is 2. The van der Waals surface area contributed by atoms with E-state index >= 15 is 0 Å². The third-order valence-electron chi connectivity index (χ3n) is 5.06. The van der Waals surface area contributed by atoms with Gasteiger partial charge in [-0.2, -0.15) is 0 Å². The van der Waals surface area contributed by atoms with Crippen LogP contribution in [-0.2, 0) is 27.3 Å². The maximum absolute atomic E-state index is 12.3. The Bertz CT molecular complexity index is 947. The Morgan fingerprint density at radius 3 is 2.29 bits per heavy atom. The van der Waals surface area contributed by atoms with Gasteiger partial charge in [0.25, 0.3) is 0 Å². The Hall–Kier alpha value is -3.18. The van der Waals surface area contributed by atoms with E-state index < -0.39 is 12.1 Å². The molecule has 0 aliphatic heterocycles. The molecule has 0 saturated heterocycles. The highest BCUT2D eigenvalue weighted by Crippen LogP contribution is 2.16. The Morgan fingerprint density at radius 2 is 1.71 bits per heavy atom. The largest absolute Gasteiger partial charge is 0.479 e. The van der Waals surface area contributed by atoms with E-state index in [1.807, 2.05) is 90.9 Å². The minimum Gasteiger partial charge on any atom is -0.479 e. The van der Waals surface area contributed by atoms with Gasteiger partial charge in [-0.25, -0.2) is 4.79 Å². The van der Waals surface area contributed by atoms with Gasteiger partial charge in [-0.3, -0.25) is 4.79 Å². The number of carbonyl (C=O) groups is 2. The van der Waals surface area contributed by atoms with Crippen molar-refractivity contribution < 1.29 is 19.4 Å². The van der Waals surface area contributed by atoms with E-state index in [0.717, 1.165) is 27.8 Å². The van der Waals surface area contributed by atoms with Gasteiger partial charge in [0.05, 0.1) is 6.10 Å². The molecule has 1 unspecified atom stereocenters. The van der Waals surface area contributed by atoms with Crippen LogP contribution < -0.4 is 5.32 Å². The number of carbonyl (C=O) groups excluding carboxylic acids is 1. The van der Waals surface area contributed by atoms with Crippen molar-refractivity contribution in [1.82, 2.24) is 5.32 Å². The highest BCUT2D eigenvalue weighted by atomic mass is 16.5. The smallest absolute Gasteiger partial charge is 0.333 e. The van der Waals surface area contributed by atoms with Crippen LogP contribution in [0.15, 0.2) is 55.6 Å². The van der Waals surface area contributed by atoms with Crippen LogP contribution in [0, 0.1) is 20.8 Å². The predicted octanol–water partition coefficient (Wildman–Crippen LogP) is 6.19. The number of carboxylic acid groups (broad SMARTS) is 1. The van der Waals surface area contributed by atoms with Gasteiger partial charge in [-0.05, 0) is 74.1 Å². The molecule has 2 aromatic rings. The van der Waals surface area contributed by atoms with Gasteiger partial charge >= 0.3 is 5.97 Å². The molecule has 0 radical (unpaired) electrons. The van der Waals surface area contributed by atoms with Gasteiger partial charge < -0.3 is 15.2 Å². The van der Waals surface area contributed by atoms with Gasteiger partial charge in [0.2, 0.25) is 5.91 Å². The van der Waals surface area contributed by atoms with Crippen LogP contribution in [0.1, 0.15) is 61.1 Å². The topological polar surface area (TPSA) is 75.6 Å². The van der Waals surface area contributed by atoms with Crippen molar-refractivity contribution in [2.24, 2.45) is 0 Å². The standard InChI is InChI=1S/C25H31NO4.C2H6.C2H4/c1-16(2)30-23(25(28)29)14-20-10-9-18(4)22(13-20)15-26-24(27)12-11-21-8-6-7-17(3)19(21)5;2*1-2/h6-13,16,23H,14-15H2,1-5H3,(H,26,27)(H,28,29);1-2H3;1-2H2/b12-11+;;. The highest BCUT2D eigenvalue weighted by Gasteiger charge is 2.20. The molecule has 1 amide bonds. The second kappa shape index (κ2) is 16.4. The first-order valence-corrected chi connectivity index (χ1v) is 11.7. The molecule has 2 N–H and O–H groups in total. The SMILES string of the molecule is C=C.CC.Cc1ccc(CC(OC(C)C)C(=O)O)cc1CNC(=O)/C=C/c1cccc(C)c1C. The lowest BCUT2D eigenvalue weighted by Crippen LogP contribution is -2.29. The number of hydrogen-bond donors (Lipinski definition) is 2. The average molecular weight is 468 g/mol. The highest BCUT2D eigenvalue weighted by molar-refractivity contribution is 5.91. The van der Waals surface area contributed by atoms with Crippen molar-refractivity contribution >= 4 is 18.0 Å². The molecule has 0 spiro atoms. The second-order valence-electron chi connectivity index (χ2n) is 7.82. The number of hydrogen-bond acceptors (Lipinski definition) is 3. The summed E-state index contributed by atoms with van der Waals surface area (Å²) in [4.78, 5) is 23.7. The number of amides is 1. The van der Waals surface area contributed by atoms with E-state index in [9.17, 15) is 14.7 Å². The van der Waals surface area contributed by atoms with Crippen molar-refractivity contribution in [3.8, 4) is 0 Å². The molecule has 0 saturated carbocycles. The zero-order valence-corrected chi connectivity index (χ0v) is 21.8. The zero-order valence-electron chi connectivity index (χ0n) is 21.8. The molecule has 0 bridgehead atoms. The number of aliphatic carboxylic acids is 1. The molecule has 1 atom stereocenters. The summed E-state index contributed by atoms with van der Waals surface area (Å²) in [5.74, 6) is -1.15. The van der Waals surface area contributed by atoms with Crippen molar-refractivity contribution in [3.63, 3.8) is 0 Å². The predicted molar refractivity (Wildman–Crippen MR) is 142 cm³/mol. The summed E-state index contributed by atoms with van der Waals surface area (Å²) in [6.45, 7) is 20.1. The molecular formula is C29H41NO4. The third-order valence-corrected chi connectivity index (χ3v) is 5.06. The third kappa shape index (κ3) is 10.6. The average Bonchev–Trinajstić information content (AvgIpc) is 2.82. The van der Waals surface area contributed by atoms with E-state index in [1.165, 1.54) is 11.6 Å². The minimum absolute atomic E-state index is 0.167. The van der Waals surface area contributed by atoms with Crippen LogP contribution in [0.25, 0.3) is 6.08 Å². The summed E-state index contributed by atoms with van der Waals surface area (Å²) in [7, 11) is 0. The maximum atomic E-state index is 12.3. The first-order chi connectivity index (χ1) is 16.2. The first kappa shape index (κ1) is 30.8. The molecule has 0 aliphatic carbocycles. The van der Waals surface area contributed by atoms with Crippen molar-refractivity contribution in [3.05, 3.63) is 89.0 Å². The molecule has 5 heteroatoms. The van der Waals surface area contributed by atoms with Crippen LogP contribution in [0.4, 0.5) is 0 Å². The number of carboxylic acids is 1. The number of rotatable bonds is 9. The van der Waals surface area contributed by atoms with Gasteiger partial charge in [-0.1, -0.05) is 50.2 Å². The van der Waals surface area contributed by atoms with Gasteiger partial charge in [0, 0.05) is 19.0 Å². The summed E-state index contributed by atoms with van der Waals surface area (Å²) in [6.07, 6.45) is 2.58. The summed E-state index contributed by atoms with van der Waals surface area (Å²) in [6, 6.07) is 11.8. The maximum Gasteiger partial charge on any atom is 0.333 e. The van der Waals surface area contributed by atoms with Crippen molar-refractivity contribution in [1.29, 1.82) is 0 Å². The van der Waals surface area contributed by atoms with Gasteiger partial charge in [-0.15, -0.1) is 13.2 Å². The first-order valence-electron chi connectivity index (χ1n) is 11.7. The van der Waals surface area contributed by atoms with Crippen molar-refractivity contribution in [2.75, 3.05) is 0 Å². The van der Waals surface area contributed by atoms with E-state index in [2.05, 4.69) is 18.5 Å². The van der Waals surface area contributed by atoms with E-state index in [4.69, 9.17) is 4.74 Å². The molecule has 2 aromatic carbocycles. The lowest BCUT2D eigenvalue weighted by atomic mass is 10.0. The van der Waals surface area contributed by atoms with E-state index in [1.54, 1.807) is 0 Å². The molecular weight excluding hydrogens is 426 g/mol. The molecule has 0 fully saturated rings. The fourth-order valence-electron chi connectivity index (χ4n) is 3.14. The Morgan fingerprint density at radius 1 is 1.06 bits per heavy atom. The minimum atomic E-state index is -0.976. The monoisotopic (exact) mass is 467 g/mol. The van der Waals surface area contributed by atoms with Crippen LogP contribution >= 0.6 is 0 Å². The lowest BCUT2D eigenvalue weighted by Gasteiger charge is -2.17. The van der Waals surface area contributed by atoms with Crippen LogP contribution in [-0.4, -0.2) is 29.2 Å². The number of benzene rings is 2. The fourth-order valence-corrected chi connectivity index (χ4v) is 3.14. The van der Waals surface area contributed by atoms with Crippen LogP contribution in [0.3, 0.4) is 0 Å². The summed E-state index contributed by atoms with van der Waals surface area (Å²) in [5.41, 5.74) is 6.22. The summed E-state index contributed by atoms with van der Waals surface area (Å²) < 4.78 is 5.50. The normalized spacial score (nSPS) is 11.2. The number of nitrogens with one attached hydrogen (secondary N) is 1. The Balaban J connectivity index is 0.00000258. The molecule has 186 valence electrons. The van der Waals surface area contributed by atoms with E-state index in [-0.39, 0.29) is 18.4 Å². The molecule has 0 heterocycles. The van der Waals surface area contributed by atoms with Crippen LogP contribution in [0.2, 0.25) is 0 Å².